The Morgan fingerprint density at radius 2 is 1.40 bits per heavy atom. The average Bonchev–Trinajstić information content (AvgIpc) is 2.26. The summed E-state index contributed by atoms with van der Waals surface area (Å²) in [6, 6.07) is 8.55. The zero-order chi connectivity index (χ0) is 12.1. The number of aryl methyl sites for hydroxylation is 1. The first-order valence-electron chi connectivity index (χ1n) is 5.94. The van der Waals surface area contributed by atoms with Gasteiger partial charge in [0.1, 0.15) is 0 Å². The third kappa shape index (κ3) is 11.1. The molecule has 1 aromatic rings. The molecule has 0 aliphatic rings. The van der Waals surface area contributed by atoms with Crippen LogP contribution in [0.25, 0.3) is 0 Å². The second-order valence-corrected chi connectivity index (χ2v) is 3.22. The maximum Gasteiger partial charge on any atom is 0.0202 e. The lowest BCUT2D eigenvalue weighted by atomic mass is 10.1. The lowest BCUT2D eigenvalue weighted by Crippen LogP contribution is -2.04. The van der Waals surface area contributed by atoms with Crippen molar-refractivity contribution in [1.29, 1.82) is 0 Å². The second kappa shape index (κ2) is 13.2. The van der Waals surface area contributed by atoms with Crippen molar-refractivity contribution in [2.45, 2.75) is 47.6 Å². The summed E-state index contributed by atoms with van der Waals surface area (Å²) in [5.41, 5.74) is 2.66. The summed E-state index contributed by atoms with van der Waals surface area (Å²) in [4.78, 5) is 0. The maximum absolute atomic E-state index is 3.10. The van der Waals surface area contributed by atoms with Crippen LogP contribution < -0.4 is 5.32 Å². The van der Waals surface area contributed by atoms with Crippen LogP contribution in [0.1, 0.15) is 45.2 Å². The SMILES string of the molecule is CC.CCC.CNCc1ccc(C)cc1. The van der Waals surface area contributed by atoms with Gasteiger partial charge in [0.05, 0.1) is 0 Å². The van der Waals surface area contributed by atoms with Crippen LogP contribution in [0.15, 0.2) is 24.3 Å². The zero-order valence-corrected chi connectivity index (χ0v) is 11.2. The molecule has 0 amide bonds. The van der Waals surface area contributed by atoms with Gasteiger partial charge in [-0.3, -0.25) is 0 Å². The van der Waals surface area contributed by atoms with Gasteiger partial charge in [-0.15, -0.1) is 0 Å². The quantitative estimate of drug-likeness (QED) is 0.771. The van der Waals surface area contributed by atoms with Gasteiger partial charge in [-0.25, -0.2) is 0 Å². The Kier molecular flexibility index (Phi) is 14.6. The fourth-order valence-electron chi connectivity index (χ4n) is 0.910. The molecule has 0 aliphatic heterocycles. The number of hydrogen-bond donors (Lipinski definition) is 1. The van der Waals surface area contributed by atoms with E-state index < -0.39 is 0 Å². The van der Waals surface area contributed by atoms with Gasteiger partial charge in [0.15, 0.2) is 0 Å². The molecular formula is C14H27N. The van der Waals surface area contributed by atoms with Gasteiger partial charge in [-0.1, -0.05) is 63.9 Å². The molecule has 0 heterocycles. The first-order chi connectivity index (χ1) is 7.24. The number of hydrogen-bond acceptors (Lipinski definition) is 1. The van der Waals surface area contributed by atoms with Gasteiger partial charge >= 0.3 is 0 Å². The highest BCUT2D eigenvalue weighted by molar-refractivity contribution is 5.20. The summed E-state index contributed by atoms with van der Waals surface area (Å²) in [7, 11) is 1.96. The van der Waals surface area contributed by atoms with Crippen molar-refractivity contribution in [3.63, 3.8) is 0 Å². The summed E-state index contributed by atoms with van der Waals surface area (Å²) in [6.45, 7) is 11.3. The van der Waals surface area contributed by atoms with E-state index in [2.05, 4.69) is 50.4 Å². The zero-order valence-electron chi connectivity index (χ0n) is 11.2. The molecule has 1 heteroatoms. The van der Waals surface area contributed by atoms with Crippen LogP contribution in [0.2, 0.25) is 0 Å². The molecule has 1 aromatic carbocycles. The predicted molar refractivity (Wildman–Crippen MR) is 71.3 cm³/mol. The summed E-state index contributed by atoms with van der Waals surface area (Å²) in [5.74, 6) is 0. The molecule has 1 nitrogen and oxygen atoms in total. The normalized spacial score (nSPS) is 8.13. The van der Waals surface area contributed by atoms with Crippen LogP contribution >= 0.6 is 0 Å². The highest BCUT2D eigenvalue weighted by Crippen LogP contribution is 2.01. The second-order valence-electron chi connectivity index (χ2n) is 3.22. The third-order valence-corrected chi connectivity index (χ3v) is 1.50. The minimum absolute atomic E-state index is 0.959. The Balaban J connectivity index is 0. The van der Waals surface area contributed by atoms with Crippen molar-refractivity contribution >= 4 is 0 Å². The fraction of sp³-hybridized carbons (Fsp3) is 0.571. The van der Waals surface area contributed by atoms with E-state index in [9.17, 15) is 0 Å². The van der Waals surface area contributed by atoms with Crippen LogP contribution in [0.5, 0.6) is 0 Å². The Labute approximate surface area is 95.9 Å². The Hall–Kier alpha value is -0.820. The Morgan fingerprint density at radius 3 is 1.73 bits per heavy atom. The minimum atomic E-state index is 0.959. The molecule has 0 atom stereocenters. The molecule has 0 bridgehead atoms. The summed E-state index contributed by atoms with van der Waals surface area (Å²) in [6.07, 6.45) is 1.25. The van der Waals surface area contributed by atoms with Crippen molar-refractivity contribution in [1.82, 2.24) is 5.32 Å². The highest BCUT2D eigenvalue weighted by Gasteiger charge is 1.87. The lowest BCUT2D eigenvalue weighted by Gasteiger charge is -1.98. The van der Waals surface area contributed by atoms with E-state index in [0.717, 1.165) is 6.54 Å². The van der Waals surface area contributed by atoms with E-state index in [1.165, 1.54) is 17.5 Å². The van der Waals surface area contributed by atoms with Crippen molar-refractivity contribution in [2.75, 3.05) is 7.05 Å². The van der Waals surface area contributed by atoms with E-state index in [-0.39, 0.29) is 0 Å². The van der Waals surface area contributed by atoms with E-state index in [1.807, 2.05) is 20.9 Å². The van der Waals surface area contributed by atoms with Gasteiger partial charge < -0.3 is 5.32 Å². The molecule has 0 spiro atoms. The standard InChI is InChI=1S/C9H13N.C3H8.C2H6/c1-8-3-5-9(6-4-8)7-10-2;1-3-2;1-2/h3-6,10H,7H2,1-2H3;3H2,1-2H3;1-2H3. The van der Waals surface area contributed by atoms with Crippen LogP contribution in [0.4, 0.5) is 0 Å². The van der Waals surface area contributed by atoms with Crippen LogP contribution in [-0.4, -0.2) is 7.05 Å². The predicted octanol–water partition coefficient (Wildman–Crippen LogP) is 4.16. The van der Waals surface area contributed by atoms with Crippen molar-refractivity contribution in [3.05, 3.63) is 35.4 Å². The summed E-state index contributed by atoms with van der Waals surface area (Å²) >= 11 is 0. The van der Waals surface area contributed by atoms with Crippen molar-refractivity contribution < 1.29 is 0 Å². The van der Waals surface area contributed by atoms with Gasteiger partial charge in [-0.2, -0.15) is 0 Å². The van der Waals surface area contributed by atoms with E-state index in [0.29, 0.717) is 0 Å². The number of rotatable bonds is 2. The number of nitrogens with one attached hydrogen (secondary N) is 1. The molecule has 0 radical (unpaired) electrons. The van der Waals surface area contributed by atoms with E-state index >= 15 is 0 Å². The highest BCUT2D eigenvalue weighted by atomic mass is 14.8. The summed E-state index contributed by atoms with van der Waals surface area (Å²) in [5, 5.41) is 3.10. The molecule has 88 valence electrons. The first-order valence-corrected chi connectivity index (χ1v) is 5.94. The first kappa shape index (κ1) is 16.6. The number of benzene rings is 1. The van der Waals surface area contributed by atoms with Crippen LogP contribution in [-0.2, 0) is 6.54 Å². The van der Waals surface area contributed by atoms with Crippen molar-refractivity contribution in [2.24, 2.45) is 0 Å². The molecule has 0 fully saturated rings. The molecule has 0 unspecified atom stereocenters. The lowest BCUT2D eigenvalue weighted by molar-refractivity contribution is 0.817. The third-order valence-electron chi connectivity index (χ3n) is 1.50. The fourth-order valence-corrected chi connectivity index (χ4v) is 0.910. The van der Waals surface area contributed by atoms with Crippen LogP contribution in [0, 0.1) is 6.92 Å². The molecule has 0 aromatic heterocycles. The Morgan fingerprint density at radius 1 is 1.00 bits per heavy atom. The van der Waals surface area contributed by atoms with Crippen molar-refractivity contribution in [3.8, 4) is 0 Å². The molecule has 1 N–H and O–H groups in total. The van der Waals surface area contributed by atoms with E-state index in [1.54, 1.807) is 0 Å². The van der Waals surface area contributed by atoms with Gasteiger partial charge in [0.2, 0.25) is 0 Å². The van der Waals surface area contributed by atoms with Crippen LogP contribution in [0.3, 0.4) is 0 Å². The monoisotopic (exact) mass is 209 g/mol. The molecule has 0 saturated carbocycles. The molecule has 1 rings (SSSR count). The maximum atomic E-state index is 3.10. The largest absolute Gasteiger partial charge is 0.316 e. The van der Waals surface area contributed by atoms with E-state index in [4.69, 9.17) is 0 Å². The average molecular weight is 209 g/mol. The van der Waals surface area contributed by atoms with Gasteiger partial charge in [-0.05, 0) is 19.5 Å². The summed E-state index contributed by atoms with van der Waals surface area (Å²) < 4.78 is 0. The smallest absolute Gasteiger partial charge is 0.0202 e. The Bertz CT molecular complexity index is 201. The molecular weight excluding hydrogens is 182 g/mol. The van der Waals surface area contributed by atoms with Gasteiger partial charge in [0, 0.05) is 6.54 Å². The topological polar surface area (TPSA) is 12.0 Å². The molecule has 15 heavy (non-hydrogen) atoms. The molecule has 0 aliphatic carbocycles. The van der Waals surface area contributed by atoms with Gasteiger partial charge in [0.25, 0.3) is 0 Å². The minimum Gasteiger partial charge on any atom is -0.316 e. The molecule has 0 saturated heterocycles.